The highest BCUT2D eigenvalue weighted by Gasteiger charge is 2.16. The Balaban J connectivity index is 1.48. The first-order valence-electron chi connectivity index (χ1n) is 9.04. The van der Waals surface area contributed by atoms with Gasteiger partial charge in [-0.05, 0) is 42.0 Å². The Labute approximate surface area is 173 Å². The maximum Gasteiger partial charge on any atom is 0.325 e. The van der Waals surface area contributed by atoms with Gasteiger partial charge < -0.3 is 14.5 Å². The van der Waals surface area contributed by atoms with Crippen LogP contribution in [0.5, 0.6) is 0 Å². The summed E-state index contributed by atoms with van der Waals surface area (Å²) in [7, 11) is -3.75. The average molecular weight is 428 g/mol. The van der Waals surface area contributed by atoms with E-state index in [-0.39, 0.29) is 30.2 Å². The molecule has 2 N–H and O–H groups in total. The lowest BCUT2D eigenvalue weighted by molar-refractivity contribution is -0.143. The largest absolute Gasteiger partial charge is 0.468 e. The van der Waals surface area contributed by atoms with Crippen molar-refractivity contribution >= 4 is 21.9 Å². The molecule has 0 atom stereocenters. The summed E-state index contributed by atoms with van der Waals surface area (Å²) in [6.45, 7) is -0.161. The number of ether oxygens (including phenoxy) is 1. The molecule has 30 heavy (non-hydrogen) atoms. The van der Waals surface area contributed by atoms with Gasteiger partial charge in [0.15, 0.2) is 0 Å². The van der Waals surface area contributed by atoms with E-state index in [1.807, 2.05) is 30.3 Å². The van der Waals surface area contributed by atoms with Gasteiger partial charge >= 0.3 is 5.97 Å². The van der Waals surface area contributed by atoms with Gasteiger partial charge in [-0.15, -0.1) is 0 Å². The number of benzene rings is 2. The predicted octanol–water partition coefficient (Wildman–Crippen LogP) is 2.23. The molecule has 0 saturated heterocycles. The van der Waals surface area contributed by atoms with E-state index in [9.17, 15) is 18.0 Å². The van der Waals surface area contributed by atoms with Gasteiger partial charge in [0.25, 0.3) is 5.91 Å². The van der Waals surface area contributed by atoms with Crippen LogP contribution in [0, 0.1) is 0 Å². The zero-order valence-electron chi connectivity index (χ0n) is 15.9. The molecule has 1 heterocycles. The van der Waals surface area contributed by atoms with E-state index in [0.717, 1.165) is 5.56 Å². The lowest BCUT2D eigenvalue weighted by Crippen LogP contribution is -2.30. The minimum atomic E-state index is -3.75. The Hall–Kier alpha value is -3.43. The van der Waals surface area contributed by atoms with Crippen molar-refractivity contribution in [2.75, 3.05) is 6.54 Å². The lowest BCUT2D eigenvalue weighted by Gasteiger charge is -2.08. The molecular weight excluding hydrogens is 408 g/mol. The standard InChI is InChI=1S/C21H20N2O6S/c24-20(29-15-16-5-2-1-3-6-16)14-22-21(25)17-8-10-19(11-9-17)30(26,27)23-13-18-7-4-12-28-18/h1-12,23H,13-15H2,(H,22,25). The SMILES string of the molecule is O=C(CNC(=O)c1ccc(S(=O)(=O)NCc2ccco2)cc1)OCc1ccccc1. The number of hydrogen-bond donors (Lipinski definition) is 2. The summed E-state index contributed by atoms with van der Waals surface area (Å²) in [5, 5.41) is 2.45. The van der Waals surface area contributed by atoms with Crippen molar-refractivity contribution in [1.29, 1.82) is 0 Å². The fourth-order valence-corrected chi connectivity index (χ4v) is 3.49. The van der Waals surface area contributed by atoms with Gasteiger partial charge in [0.2, 0.25) is 10.0 Å². The van der Waals surface area contributed by atoms with Crippen LogP contribution in [-0.2, 0) is 32.7 Å². The highest BCUT2D eigenvalue weighted by molar-refractivity contribution is 7.89. The quantitative estimate of drug-likeness (QED) is 0.505. The van der Waals surface area contributed by atoms with Crippen molar-refractivity contribution in [3.63, 3.8) is 0 Å². The van der Waals surface area contributed by atoms with Crippen LogP contribution in [0.2, 0.25) is 0 Å². The van der Waals surface area contributed by atoms with E-state index in [1.54, 1.807) is 12.1 Å². The first-order chi connectivity index (χ1) is 14.4. The molecule has 1 amide bonds. The monoisotopic (exact) mass is 428 g/mol. The molecule has 0 aliphatic rings. The number of hydrogen-bond acceptors (Lipinski definition) is 6. The fraction of sp³-hybridized carbons (Fsp3) is 0.143. The Morgan fingerprint density at radius 3 is 2.33 bits per heavy atom. The summed E-state index contributed by atoms with van der Waals surface area (Å²) < 4.78 is 37.2. The van der Waals surface area contributed by atoms with Crippen LogP contribution >= 0.6 is 0 Å². The smallest absolute Gasteiger partial charge is 0.325 e. The summed E-state index contributed by atoms with van der Waals surface area (Å²) in [4.78, 5) is 24.0. The first kappa shape index (κ1) is 21.3. The number of carbonyl (C=O) groups is 2. The number of sulfonamides is 1. The molecule has 2 aromatic carbocycles. The molecule has 0 radical (unpaired) electrons. The van der Waals surface area contributed by atoms with Gasteiger partial charge in [0, 0.05) is 5.56 Å². The number of nitrogens with one attached hydrogen (secondary N) is 2. The normalized spacial score (nSPS) is 11.1. The second-order valence-electron chi connectivity index (χ2n) is 6.26. The highest BCUT2D eigenvalue weighted by Crippen LogP contribution is 2.12. The molecule has 1 aromatic heterocycles. The molecule has 0 saturated carbocycles. The highest BCUT2D eigenvalue weighted by atomic mass is 32.2. The summed E-state index contributed by atoms with van der Waals surface area (Å²) in [6.07, 6.45) is 1.45. The van der Waals surface area contributed by atoms with E-state index >= 15 is 0 Å². The van der Waals surface area contributed by atoms with E-state index in [0.29, 0.717) is 5.76 Å². The zero-order valence-corrected chi connectivity index (χ0v) is 16.7. The van der Waals surface area contributed by atoms with Crippen molar-refractivity contribution in [2.24, 2.45) is 0 Å². The minimum absolute atomic E-state index is 0.00729. The maximum absolute atomic E-state index is 12.3. The second kappa shape index (κ2) is 9.86. The molecule has 0 aliphatic carbocycles. The van der Waals surface area contributed by atoms with Crippen molar-refractivity contribution in [3.8, 4) is 0 Å². The Bertz CT molecular complexity index is 1080. The second-order valence-corrected chi connectivity index (χ2v) is 8.02. The summed E-state index contributed by atoms with van der Waals surface area (Å²) in [5.74, 6) is -0.610. The molecule has 3 rings (SSSR count). The van der Waals surface area contributed by atoms with E-state index in [1.165, 1.54) is 30.5 Å². The van der Waals surface area contributed by atoms with Crippen molar-refractivity contribution in [3.05, 3.63) is 89.9 Å². The lowest BCUT2D eigenvalue weighted by atomic mass is 10.2. The molecule has 0 unspecified atom stereocenters. The third-order valence-corrected chi connectivity index (χ3v) is 5.50. The predicted molar refractivity (Wildman–Crippen MR) is 108 cm³/mol. The van der Waals surface area contributed by atoms with E-state index in [4.69, 9.17) is 9.15 Å². The van der Waals surface area contributed by atoms with Crippen LogP contribution in [0.3, 0.4) is 0 Å². The van der Waals surface area contributed by atoms with Crippen LogP contribution in [0.15, 0.2) is 82.3 Å². The molecule has 8 nitrogen and oxygen atoms in total. The summed E-state index contributed by atoms with van der Waals surface area (Å²) >= 11 is 0. The molecule has 156 valence electrons. The summed E-state index contributed by atoms with van der Waals surface area (Å²) in [6, 6.07) is 17.9. The molecule has 0 bridgehead atoms. The molecular formula is C21H20N2O6S. The van der Waals surface area contributed by atoms with Crippen LogP contribution < -0.4 is 10.0 Å². The molecule has 0 spiro atoms. The van der Waals surface area contributed by atoms with Crippen molar-refractivity contribution < 1.29 is 27.2 Å². The first-order valence-corrected chi connectivity index (χ1v) is 10.5. The molecule has 0 aliphatic heterocycles. The summed E-state index contributed by atoms with van der Waals surface area (Å²) in [5.41, 5.74) is 1.06. The molecule has 3 aromatic rings. The van der Waals surface area contributed by atoms with Gasteiger partial charge in [-0.2, -0.15) is 0 Å². The number of amides is 1. The Morgan fingerprint density at radius 2 is 1.67 bits per heavy atom. The van der Waals surface area contributed by atoms with Gasteiger partial charge in [0.05, 0.1) is 17.7 Å². The fourth-order valence-electron chi connectivity index (χ4n) is 2.49. The topological polar surface area (TPSA) is 115 Å². The van der Waals surface area contributed by atoms with E-state index in [2.05, 4.69) is 10.0 Å². The van der Waals surface area contributed by atoms with Gasteiger partial charge in [0.1, 0.15) is 18.9 Å². The Kier molecular flexibility index (Phi) is 6.99. The third kappa shape index (κ3) is 6.03. The zero-order chi connectivity index (χ0) is 21.4. The molecule has 0 fully saturated rings. The average Bonchev–Trinajstić information content (AvgIpc) is 3.29. The third-order valence-electron chi connectivity index (χ3n) is 4.08. The van der Waals surface area contributed by atoms with Crippen molar-refractivity contribution in [1.82, 2.24) is 10.0 Å². The van der Waals surface area contributed by atoms with Crippen LogP contribution in [0.25, 0.3) is 0 Å². The van der Waals surface area contributed by atoms with Gasteiger partial charge in [-0.3, -0.25) is 9.59 Å². The number of rotatable bonds is 9. The number of esters is 1. The van der Waals surface area contributed by atoms with Gasteiger partial charge in [-0.25, -0.2) is 13.1 Å². The van der Waals surface area contributed by atoms with Crippen LogP contribution in [-0.4, -0.2) is 26.8 Å². The minimum Gasteiger partial charge on any atom is -0.468 e. The van der Waals surface area contributed by atoms with Crippen LogP contribution in [0.4, 0.5) is 0 Å². The van der Waals surface area contributed by atoms with E-state index < -0.39 is 21.9 Å². The number of carbonyl (C=O) groups excluding carboxylic acids is 2. The van der Waals surface area contributed by atoms with Crippen molar-refractivity contribution in [2.45, 2.75) is 18.0 Å². The van der Waals surface area contributed by atoms with Crippen LogP contribution in [0.1, 0.15) is 21.7 Å². The molecule has 9 heteroatoms. The number of furan rings is 1. The maximum atomic E-state index is 12.3. The van der Waals surface area contributed by atoms with Gasteiger partial charge in [-0.1, -0.05) is 30.3 Å². The Morgan fingerprint density at radius 1 is 0.933 bits per heavy atom.